The van der Waals surface area contributed by atoms with Crippen LogP contribution in [0, 0.1) is 40.7 Å². The lowest BCUT2D eigenvalue weighted by Gasteiger charge is -2.37. The van der Waals surface area contributed by atoms with E-state index in [4.69, 9.17) is 17.3 Å². The van der Waals surface area contributed by atoms with Crippen molar-refractivity contribution in [2.45, 2.75) is 38.5 Å². The van der Waals surface area contributed by atoms with E-state index in [2.05, 4.69) is 11.0 Å². The largest absolute Gasteiger partial charge is 0.370 e. The molecule has 1 amide bonds. The Labute approximate surface area is 181 Å². The van der Waals surface area contributed by atoms with E-state index in [1.807, 2.05) is 4.90 Å². The van der Waals surface area contributed by atoms with Gasteiger partial charge in [0.05, 0.1) is 17.7 Å². The van der Waals surface area contributed by atoms with Crippen LogP contribution in [0.5, 0.6) is 0 Å². The number of rotatable bonds is 7. The third-order valence-electron chi connectivity index (χ3n) is 6.63. The van der Waals surface area contributed by atoms with Crippen LogP contribution in [0.25, 0.3) is 0 Å². The van der Waals surface area contributed by atoms with Crippen LogP contribution in [0.15, 0.2) is 12.1 Å². The highest BCUT2D eigenvalue weighted by Crippen LogP contribution is 2.36. The Morgan fingerprint density at radius 2 is 1.87 bits per heavy atom. The predicted molar refractivity (Wildman–Crippen MR) is 113 cm³/mol. The van der Waals surface area contributed by atoms with Crippen LogP contribution in [-0.4, -0.2) is 43.5 Å². The Morgan fingerprint density at radius 3 is 2.47 bits per heavy atom. The van der Waals surface area contributed by atoms with Crippen molar-refractivity contribution < 1.29 is 13.6 Å². The summed E-state index contributed by atoms with van der Waals surface area (Å²) in [7, 11) is 0. The zero-order valence-electron chi connectivity index (χ0n) is 17.1. The predicted octanol–water partition coefficient (Wildman–Crippen LogP) is 3.95. The first-order valence-electron chi connectivity index (χ1n) is 10.7. The highest BCUT2D eigenvalue weighted by Gasteiger charge is 2.29. The number of benzene rings is 1. The van der Waals surface area contributed by atoms with Crippen LogP contribution < -0.4 is 10.6 Å². The first-order chi connectivity index (χ1) is 14.4. The summed E-state index contributed by atoms with van der Waals surface area (Å²) in [6, 6.07) is 4.93. The maximum absolute atomic E-state index is 14.2. The number of hydrogen-bond donors (Lipinski definition) is 1. The van der Waals surface area contributed by atoms with Gasteiger partial charge < -0.3 is 10.6 Å². The lowest BCUT2D eigenvalue weighted by molar-refractivity contribution is -0.119. The summed E-state index contributed by atoms with van der Waals surface area (Å²) in [6.45, 7) is 4.03. The summed E-state index contributed by atoms with van der Waals surface area (Å²) >= 11 is 5.70. The molecule has 30 heavy (non-hydrogen) atoms. The summed E-state index contributed by atoms with van der Waals surface area (Å²) in [4.78, 5) is 15.4. The number of halogens is 3. The van der Waals surface area contributed by atoms with Crippen molar-refractivity contribution in [2.75, 3.05) is 37.6 Å². The van der Waals surface area contributed by atoms with Gasteiger partial charge in [-0.2, -0.15) is 5.26 Å². The fraction of sp³-hybridized carbons (Fsp3) is 0.636. The molecule has 1 heterocycles. The van der Waals surface area contributed by atoms with Crippen LogP contribution in [0.2, 0.25) is 5.02 Å². The van der Waals surface area contributed by atoms with Gasteiger partial charge in [-0.05, 0) is 49.8 Å². The average Bonchev–Trinajstić information content (AvgIpc) is 2.75. The van der Waals surface area contributed by atoms with E-state index in [0.717, 1.165) is 51.7 Å². The highest BCUT2D eigenvalue weighted by molar-refractivity contribution is 6.31. The second-order valence-electron chi connectivity index (χ2n) is 8.50. The van der Waals surface area contributed by atoms with E-state index in [1.165, 1.54) is 12.1 Å². The molecule has 0 bridgehead atoms. The molecular formula is C22H29ClF2N4O. The van der Waals surface area contributed by atoms with Gasteiger partial charge in [0.15, 0.2) is 5.82 Å². The molecule has 164 valence electrons. The van der Waals surface area contributed by atoms with E-state index in [1.54, 1.807) is 0 Å². The van der Waals surface area contributed by atoms with Crippen LogP contribution in [0.3, 0.4) is 0 Å². The van der Waals surface area contributed by atoms with Gasteiger partial charge in [-0.3, -0.25) is 9.69 Å². The van der Waals surface area contributed by atoms with Gasteiger partial charge in [-0.25, -0.2) is 8.78 Å². The third-order valence-corrected chi connectivity index (χ3v) is 6.98. The molecular weight excluding hydrogens is 410 g/mol. The average molecular weight is 439 g/mol. The molecule has 3 rings (SSSR count). The summed E-state index contributed by atoms with van der Waals surface area (Å²) in [5.74, 6) is -1.15. The van der Waals surface area contributed by atoms with E-state index in [9.17, 15) is 18.8 Å². The molecule has 2 aliphatic rings. The zero-order valence-corrected chi connectivity index (χ0v) is 17.9. The topological polar surface area (TPSA) is 73.4 Å². The van der Waals surface area contributed by atoms with E-state index < -0.39 is 22.6 Å². The van der Waals surface area contributed by atoms with Gasteiger partial charge in [-0.15, -0.1) is 0 Å². The molecule has 1 aromatic carbocycles. The Hall–Kier alpha value is -1.91. The quantitative estimate of drug-likeness (QED) is 0.654. The molecule has 2 fully saturated rings. The molecule has 1 aliphatic heterocycles. The molecule has 1 aromatic rings. The van der Waals surface area contributed by atoms with Gasteiger partial charge in [0.1, 0.15) is 10.8 Å². The first kappa shape index (κ1) is 22.8. The number of carbonyl (C=O) groups excluding carboxylic acids is 1. The maximum Gasteiger partial charge on any atom is 0.218 e. The Balaban J connectivity index is 1.40. The second kappa shape index (κ2) is 10.4. The number of nitriles is 1. The molecule has 8 heteroatoms. The number of nitrogens with two attached hydrogens (primary N) is 1. The number of amides is 1. The molecule has 0 radical (unpaired) electrons. The van der Waals surface area contributed by atoms with Crippen LogP contribution in [0.4, 0.5) is 14.5 Å². The fourth-order valence-corrected chi connectivity index (χ4v) is 4.91. The summed E-state index contributed by atoms with van der Waals surface area (Å²) in [6.07, 6.45) is 5.40. The zero-order chi connectivity index (χ0) is 21.7. The smallest absolute Gasteiger partial charge is 0.218 e. The highest BCUT2D eigenvalue weighted by atomic mass is 35.5. The van der Waals surface area contributed by atoms with Crippen LogP contribution in [0.1, 0.15) is 38.5 Å². The van der Waals surface area contributed by atoms with E-state index >= 15 is 0 Å². The second-order valence-corrected chi connectivity index (χ2v) is 8.88. The standard InChI is InChI=1S/C22H29ClF2N4O/c23-21-18(24)5-6-19(22(21)25)29-11-9-28(10-12-29)8-7-15-1-3-16(4-2-15)17(14-26)13-20(27)30/h5-6,15-17H,1-4,7-13H2,(H2,27,30). The van der Waals surface area contributed by atoms with Crippen molar-refractivity contribution in [3.05, 3.63) is 28.8 Å². The summed E-state index contributed by atoms with van der Waals surface area (Å²) < 4.78 is 27.6. The molecule has 5 nitrogen and oxygen atoms in total. The van der Waals surface area contributed by atoms with Crippen molar-refractivity contribution in [3.63, 3.8) is 0 Å². The molecule has 1 atom stereocenters. The summed E-state index contributed by atoms with van der Waals surface area (Å²) in [5.41, 5.74) is 5.62. The third kappa shape index (κ3) is 5.61. The fourth-order valence-electron chi connectivity index (χ4n) is 4.75. The minimum Gasteiger partial charge on any atom is -0.370 e. The van der Waals surface area contributed by atoms with Crippen LogP contribution in [-0.2, 0) is 4.79 Å². The lowest BCUT2D eigenvalue weighted by atomic mass is 9.74. The van der Waals surface area contributed by atoms with Gasteiger partial charge >= 0.3 is 0 Å². The van der Waals surface area contributed by atoms with Gasteiger partial charge in [-0.1, -0.05) is 24.4 Å². The number of primary amides is 1. The van der Waals surface area contributed by atoms with Crippen molar-refractivity contribution in [2.24, 2.45) is 23.5 Å². The maximum atomic E-state index is 14.2. The van der Waals surface area contributed by atoms with Crippen LogP contribution >= 0.6 is 11.6 Å². The molecule has 2 N–H and O–H groups in total. The number of anilines is 1. The van der Waals surface area contributed by atoms with Crippen molar-refractivity contribution in [3.8, 4) is 6.07 Å². The number of carbonyl (C=O) groups is 1. The van der Waals surface area contributed by atoms with Gasteiger partial charge in [0.2, 0.25) is 5.91 Å². The first-order valence-corrected chi connectivity index (χ1v) is 11.1. The van der Waals surface area contributed by atoms with Crippen molar-refractivity contribution in [1.82, 2.24) is 4.90 Å². The van der Waals surface area contributed by atoms with Crippen molar-refractivity contribution >= 4 is 23.2 Å². The Bertz CT molecular complexity index is 784. The monoisotopic (exact) mass is 438 g/mol. The minimum atomic E-state index is -0.734. The summed E-state index contributed by atoms with van der Waals surface area (Å²) in [5, 5.41) is 8.85. The molecule has 1 unspecified atom stereocenters. The normalized spacial score (nSPS) is 23.7. The molecule has 0 aromatic heterocycles. The SMILES string of the molecule is N#CC(CC(N)=O)C1CCC(CCN2CCN(c3ccc(F)c(Cl)c3F)CC2)CC1. The van der Waals surface area contributed by atoms with E-state index in [-0.39, 0.29) is 18.3 Å². The molecule has 1 aliphatic carbocycles. The van der Waals surface area contributed by atoms with Crippen molar-refractivity contribution in [1.29, 1.82) is 5.26 Å². The number of nitrogens with zero attached hydrogens (tertiary/aromatic N) is 3. The number of piperazine rings is 1. The van der Waals surface area contributed by atoms with Gasteiger partial charge in [0, 0.05) is 32.6 Å². The minimum absolute atomic E-state index is 0.163. The van der Waals surface area contributed by atoms with Gasteiger partial charge in [0.25, 0.3) is 0 Å². The Kier molecular flexibility index (Phi) is 7.90. The molecule has 1 saturated carbocycles. The molecule has 0 spiro atoms. The van der Waals surface area contributed by atoms with E-state index in [0.29, 0.717) is 24.7 Å². The number of hydrogen-bond acceptors (Lipinski definition) is 4. The Morgan fingerprint density at radius 1 is 1.20 bits per heavy atom. The lowest BCUT2D eigenvalue weighted by Crippen LogP contribution is -2.47. The molecule has 1 saturated heterocycles.